The monoisotopic (exact) mass is 756 g/mol. The van der Waals surface area contributed by atoms with Gasteiger partial charge in [-0.3, -0.25) is 4.79 Å². The zero-order valence-corrected chi connectivity index (χ0v) is 27.6. The number of benzene rings is 2. The summed E-state index contributed by atoms with van der Waals surface area (Å²) in [5.41, 5.74) is -3.21. The number of aliphatic hydroxyl groups excluding tert-OH is 11. The Bertz CT molecular complexity index is 1860. The SMILES string of the molecule is CC1OC(Oc2c(C3OC(CO)C(O)C(O)C3O)c(O)c3c(=O)cc(-c4ccc(O)c(O)c4)oc3c2C2OC(CO)C(O)C(O)C2O)C(O)C(O)C1O. The lowest BCUT2D eigenvalue weighted by molar-refractivity contribution is -0.270. The summed E-state index contributed by atoms with van der Waals surface area (Å²) in [6.45, 7) is -0.618. The van der Waals surface area contributed by atoms with Crippen LogP contribution in [0.5, 0.6) is 23.0 Å². The Morgan fingerprint density at radius 1 is 0.642 bits per heavy atom. The molecule has 2 aromatic carbocycles. The van der Waals surface area contributed by atoms with Crippen LogP contribution in [0.1, 0.15) is 30.3 Å². The third-order valence-electron chi connectivity index (χ3n) is 9.83. The molecule has 4 heterocycles. The average molecular weight is 757 g/mol. The van der Waals surface area contributed by atoms with Crippen molar-refractivity contribution in [1.82, 2.24) is 0 Å². The molecule has 0 spiro atoms. The summed E-state index contributed by atoms with van der Waals surface area (Å²) in [4.78, 5) is 14.0. The van der Waals surface area contributed by atoms with E-state index in [2.05, 4.69) is 0 Å². The fourth-order valence-electron chi connectivity index (χ4n) is 6.77. The van der Waals surface area contributed by atoms with E-state index in [-0.39, 0.29) is 11.3 Å². The van der Waals surface area contributed by atoms with Gasteiger partial charge in [-0.2, -0.15) is 0 Å². The van der Waals surface area contributed by atoms with Crippen LogP contribution in [0.2, 0.25) is 0 Å². The second-order valence-electron chi connectivity index (χ2n) is 13.2. The number of fused-ring (bicyclic) bond motifs is 1. The lowest BCUT2D eigenvalue weighted by Gasteiger charge is -2.44. The van der Waals surface area contributed by atoms with Crippen LogP contribution < -0.4 is 10.2 Å². The molecular weight excluding hydrogens is 716 g/mol. The molecule has 3 saturated heterocycles. The van der Waals surface area contributed by atoms with Gasteiger partial charge in [0.25, 0.3) is 0 Å². The van der Waals surface area contributed by atoms with Gasteiger partial charge < -0.3 is 94.9 Å². The van der Waals surface area contributed by atoms with Crippen molar-refractivity contribution >= 4 is 11.0 Å². The molecule has 3 fully saturated rings. The van der Waals surface area contributed by atoms with E-state index in [9.17, 15) is 76.3 Å². The van der Waals surface area contributed by atoms with Crippen molar-refractivity contribution < 1.29 is 94.9 Å². The number of hydrogen-bond donors (Lipinski definition) is 14. The molecule has 15 unspecified atom stereocenters. The van der Waals surface area contributed by atoms with Crippen LogP contribution in [0, 0.1) is 0 Å². The van der Waals surface area contributed by atoms with Gasteiger partial charge in [-0.05, 0) is 25.1 Å². The standard InChI is InChI=1S/C33H40O20/c1-8-19(39)23(43)28(48)33(49-8)53-30-17(31-26(46)24(44)20(40)14(6-34)51-31)22(42)16-12(38)5-13(9-2-3-10(36)11(37)4-9)50-29(16)18(30)32-27(47)25(45)21(41)15(7-35)52-32/h2-5,8,14-15,19-21,23-28,31-37,39-48H,6-7H2,1H3. The van der Waals surface area contributed by atoms with Crippen molar-refractivity contribution in [1.29, 1.82) is 0 Å². The molecule has 6 rings (SSSR count). The molecule has 15 atom stereocenters. The van der Waals surface area contributed by atoms with Gasteiger partial charge in [0.05, 0.1) is 30.4 Å². The quantitative estimate of drug-likeness (QED) is 0.102. The summed E-state index contributed by atoms with van der Waals surface area (Å²) in [6, 6.07) is 4.14. The summed E-state index contributed by atoms with van der Waals surface area (Å²) >= 11 is 0. The maximum absolute atomic E-state index is 14.0. The highest BCUT2D eigenvalue weighted by Gasteiger charge is 2.52. The highest BCUT2D eigenvalue weighted by Crippen LogP contribution is 2.52. The normalized spacial score (nSPS) is 37.8. The molecule has 3 aliphatic heterocycles. The van der Waals surface area contributed by atoms with Crippen molar-refractivity contribution in [2.45, 2.75) is 98.7 Å². The van der Waals surface area contributed by atoms with Gasteiger partial charge in [-0.15, -0.1) is 0 Å². The van der Waals surface area contributed by atoms with E-state index >= 15 is 0 Å². The van der Waals surface area contributed by atoms with E-state index in [0.717, 1.165) is 18.2 Å². The van der Waals surface area contributed by atoms with Crippen molar-refractivity contribution in [3.8, 4) is 34.3 Å². The van der Waals surface area contributed by atoms with E-state index in [4.69, 9.17) is 23.4 Å². The second-order valence-corrected chi connectivity index (χ2v) is 13.2. The van der Waals surface area contributed by atoms with E-state index in [1.165, 1.54) is 13.0 Å². The van der Waals surface area contributed by atoms with Crippen LogP contribution in [0.4, 0.5) is 0 Å². The molecule has 0 amide bonds. The lowest BCUT2D eigenvalue weighted by Crippen LogP contribution is -2.58. The molecule has 14 N–H and O–H groups in total. The van der Waals surface area contributed by atoms with E-state index in [1.54, 1.807) is 0 Å². The Balaban J connectivity index is 1.72. The first-order chi connectivity index (χ1) is 25.0. The van der Waals surface area contributed by atoms with Crippen LogP contribution in [0.15, 0.2) is 33.5 Å². The largest absolute Gasteiger partial charge is 0.506 e. The van der Waals surface area contributed by atoms with Gasteiger partial charge in [0, 0.05) is 11.6 Å². The molecule has 20 nitrogen and oxygen atoms in total. The molecule has 3 aliphatic rings. The number of hydrogen-bond acceptors (Lipinski definition) is 20. The third kappa shape index (κ3) is 6.59. The fourth-order valence-corrected chi connectivity index (χ4v) is 6.77. The first kappa shape index (κ1) is 39.0. The van der Waals surface area contributed by atoms with Gasteiger partial charge in [0.15, 0.2) is 22.5 Å². The topological polar surface area (TPSA) is 350 Å². The Morgan fingerprint density at radius 2 is 1.19 bits per heavy atom. The molecule has 53 heavy (non-hydrogen) atoms. The number of aliphatic hydroxyl groups is 11. The van der Waals surface area contributed by atoms with Gasteiger partial charge in [0.2, 0.25) is 6.29 Å². The summed E-state index contributed by atoms with van der Waals surface area (Å²) < 4.78 is 29.3. The first-order valence-corrected chi connectivity index (χ1v) is 16.4. The summed E-state index contributed by atoms with van der Waals surface area (Å²) in [7, 11) is 0. The Labute approximate surface area is 297 Å². The van der Waals surface area contributed by atoms with Gasteiger partial charge in [-0.1, -0.05) is 0 Å². The zero-order chi connectivity index (χ0) is 38.8. The molecule has 0 radical (unpaired) electrons. The predicted octanol–water partition coefficient (Wildman–Crippen LogP) is -4.19. The molecule has 292 valence electrons. The molecule has 0 saturated carbocycles. The molecule has 0 bridgehead atoms. The molecule has 0 aliphatic carbocycles. The van der Waals surface area contributed by atoms with Gasteiger partial charge >= 0.3 is 0 Å². The molecule has 20 heteroatoms. The number of aromatic hydroxyl groups is 3. The predicted molar refractivity (Wildman–Crippen MR) is 171 cm³/mol. The molecule has 1 aromatic heterocycles. The van der Waals surface area contributed by atoms with Gasteiger partial charge in [-0.25, -0.2) is 0 Å². The van der Waals surface area contributed by atoms with E-state index in [1.807, 2.05) is 0 Å². The van der Waals surface area contributed by atoms with Gasteiger partial charge in [0.1, 0.15) is 102 Å². The minimum Gasteiger partial charge on any atom is -0.506 e. The highest BCUT2D eigenvalue weighted by atomic mass is 16.7. The van der Waals surface area contributed by atoms with Crippen LogP contribution in [0.3, 0.4) is 0 Å². The molecule has 3 aromatic rings. The molecular formula is C33H40O20. The third-order valence-corrected chi connectivity index (χ3v) is 9.83. The minimum atomic E-state index is -2.18. The first-order valence-electron chi connectivity index (χ1n) is 16.4. The van der Waals surface area contributed by atoms with Crippen LogP contribution >= 0.6 is 0 Å². The number of phenols is 3. The number of ether oxygens (including phenoxy) is 4. The van der Waals surface area contributed by atoms with E-state index in [0.29, 0.717) is 0 Å². The Kier molecular flexibility index (Phi) is 10.9. The maximum atomic E-state index is 14.0. The zero-order valence-electron chi connectivity index (χ0n) is 27.6. The van der Waals surface area contributed by atoms with Crippen LogP contribution in [-0.4, -0.2) is 164 Å². The second kappa shape index (κ2) is 14.8. The van der Waals surface area contributed by atoms with E-state index < -0.39 is 155 Å². The summed E-state index contributed by atoms with van der Waals surface area (Å²) in [5.74, 6) is -3.46. The smallest absolute Gasteiger partial charge is 0.229 e. The maximum Gasteiger partial charge on any atom is 0.229 e. The number of phenolic OH excluding ortho intramolecular Hbond substituents is 3. The lowest BCUT2D eigenvalue weighted by atomic mass is 9.85. The average Bonchev–Trinajstić information content (AvgIpc) is 3.13. The van der Waals surface area contributed by atoms with Crippen molar-refractivity contribution in [3.63, 3.8) is 0 Å². The summed E-state index contributed by atoms with van der Waals surface area (Å²) in [6.07, 6.45) is -28.6. The Morgan fingerprint density at radius 3 is 1.74 bits per heavy atom. The Hall–Kier alpha value is -3.71. The minimum absolute atomic E-state index is 0.0315. The number of rotatable bonds is 7. The van der Waals surface area contributed by atoms with Crippen molar-refractivity contribution in [3.05, 3.63) is 45.6 Å². The van der Waals surface area contributed by atoms with Crippen LogP contribution in [0.25, 0.3) is 22.3 Å². The fraction of sp³-hybridized carbons (Fsp3) is 0.545. The van der Waals surface area contributed by atoms with Crippen LogP contribution in [-0.2, 0) is 14.2 Å². The van der Waals surface area contributed by atoms with Crippen molar-refractivity contribution in [2.24, 2.45) is 0 Å². The highest BCUT2D eigenvalue weighted by molar-refractivity contribution is 5.92. The summed E-state index contributed by atoms with van der Waals surface area (Å²) in [5, 5.41) is 148. The van der Waals surface area contributed by atoms with Crippen molar-refractivity contribution in [2.75, 3.05) is 13.2 Å².